The number of amides is 1. The Morgan fingerprint density at radius 1 is 1.08 bits per heavy atom. The first kappa shape index (κ1) is 16.6. The van der Waals surface area contributed by atoms with E-state index in [2.05, 4.69) is 10.3 Å². The number of ether oxygens (including phenoxy) is 1. The first-order chi connectivity index (χ1) is 12.2. The van der Waals surface area contributed by atoms with Crippen LogP contribution in [0.15, 0.2) is 73.1 Å². The van der Waals surface area contributed by atoms with Crippen LogP contribution in [0.5, 0.6) is 11.5 Å². The Morgan fingerprint density at radius 2 is 1.96 bits per heavy atom. The molecule has 0 atom stereocenters. The van der Waals surface area contributed by atoms with E-state index in [1.54, 1.807) is 48.8 Å². The average molecular weight is 336 g/mol. The van der Waals surface area contributed by atoms with Crippen molar-refractivity contribution in [2.45, 2.75) is 12.8 Å². The summed E-state index contributed by atoms with van der Waals surface area (Å²) in [5, 5.41) is 2.84. The SMILES string of the molecule is O=C(CCc1cccnc1)Nc1ccccc1Oc1cccc(F)c1. The van der Waals surface area contributed by atoms with E-state index < -0.39 is 0 Å². The number of pyridine rings is 1. The number of aromatic nitrogens is 1. The van der Waals surface area contributed by atoms with Crippen molar-refractivity contribution in [2.24, 2.45) is 0 Å². The molecule has 0 aliphatic carbocycles. The number of anilines is 1. The van der Waals surface area contributed by atoms with Gasteiger partial charge >= 0.3 is 0 Å². The molecule has 0 bridgehead atoms. The van der Waals surface area contributed by atoms with Gasteiger partial charge in [-0.15, -0.1) is 0 Å². The third-order valence-corrected chi connectivity index (χ3v) is 3.55. The molecule has 126 valence electrons. The van der Waals surface area contributed by atoms with Gasteiger partial charge in [0.25, 0.3) is 0 Å². The molecule has 0 fully saturated rings. The molecule has 4 nitrogen and oxygen atoms in total. The van der Waals surface area contributed by atoms with Gasteiger partial charge in [-0.05, 0) is 42.3 Å². The highest BCUT2D eigenvalue weighted by atomic mass is 19.1. The topological polar surface area (TPSA) is 51.2 Å². The lowest BCUT2D eigenvalue weighted by molar-refractivity contribution is -0.116. The summed E-state index contributed by atoms with van der Waals surface area (Å²) in [6, 6.07) is 16.7. The first-order valence-electron chi connectivity index (χ1n) is 7.92. The minimum absolute atomic E-state index is 0.126. The molecule has 0 saturated heterocycles. The number of rotatable bonds is 6. The molecule has 0 aliphatic heterocycles. The lowest BCUT2D eigenvalue weighted by Gasteiger charge is -2.12. The van der Waals surface area contributed by atoms with Crippen LogP contribution in [0.3, 0.4) is 0 Å². The van der Waals surface area contributed by atoms with Crippen molar-refractivity contribution >= 4 is 11.6 Å². The summed E-state index contributed by atoms with van der Waals surface area (Å²) in [5.41, 5.74) is 1.55. The summed E-state index contributed by atoms with van der Waals surface area (Å²) >= 11 is 0. The molecular weight excluding hydrogens is 319 g/mol. The molecule has 0 aliphatic rings. The summed E-state index contributed by atoms with van der Waals surface area (Å²) in [6.45, 7) is 0. The van der Waals surface area contributed by atoms with Gasteiger partial charge in [-0.2, -0.15) is 0 Å². The molecule has 1 aromatic heterocycles. The molecule has 0 spiro atoms. The Hall–Kier alpha value is -3.21. The van der Waals surface area contributed by atoms with E-state index in [-0.39, 0.29) is 11.7 Å². The first-order valence-corrected chi connectivity index (χ1v) is 7.92. The van der Waals surface area contributed by atoms with Gasteiger partial charge in [0.15, 0.2) is 5.75 Å². The average Bonchev–Trinajstić information content (AvgIpc) is 2.63. The minimum atomic E-state index is -0.379. The molecule has 0 unspecified atom stereocenters. The van der Waals surface area contributed by atoms with Crippen LogP contribution in [0, 0.1) is 5.82 Å². The van der Waals surface area contributed by atoms with Crippen molar-refractivity contribution in [3.05, 3.63) is 84.4 Å². The Balaban J connectivity index is 1.65. The zero-order valence-corrected chi connectivity index (χ0v) is 13.5. The highest BCUT2D eigenvalue weighted by molar-refractivity contribution is 5.92. The minimum Gasteiger partial charge on any atom is -0.455 e. The number of carbonyl (C=O) groups is 1. The third-order valence-electron chi connectivity index (χ3n) is 3.55. The van der Waals surface area contributed by atoms with Crippen molar-refractivity contribution < 1.29 is 13.9 Å². The van der Waals surface area contributed by atoms with E-state index in [4.69, 9.17) is 4.74 Å². The van der Waals surface area contributed by atoms with Gasteiger partial charge in [0.2, 0.25) is 5.91 Å². The van der Waals surface area contributed by atoms with Crippen LogP contribution in [0.4, 0.5) is 10.1 Å². The predicted molar refractivity (Wildman–Crippen MR) is 94.1 cm³/mol. The van der Waals surface area contributed by atoms with E-state index in [0.29, 0.717) is 30.0 Å². The summed E-state index contributed by atoms with van der Waals surface area (Å²) in [6.07, 6.45) is 4.38. The van der Waals surface area contributed by atoms with Crippen LogP contribution in [0.2, 0.25) is 0 Å². The maximum Gasteiger partial charge on any atom is 0.224 e. The van der Waals surface area contributed by atoms with Crippen LogP contribution in [0.1, 0.15) is 12.0 Å². The third kappa shape index (κ3) is 4.88. The summed E-state index contributed by atoms with van der Waals surface area (Å²) in [7, 11) is 0. The van der Waals surface area contributed by atoms with Crippen molar-refractivity contribution in [3.63, 3.8) is 0 Å². The summed E-state index contributed by atoms with van der Waals surface area (Å²) in [4.78, 5) is 16.2. The normalized spacial score (nSPS) is 10.3. The number of hydrogen-bond acceptors (Lipinski definition) is 3. The van der Waals surface area contributed by atoms with Gasteiger partial charge in [0.1, 0.15) is 11.6 Å². The van der Waals surface area contributed by atoms with Crippen molar-refractivity contribution in [1.29, 1.82) is 0 Å². The van der Waals surface area contributed by atoms with Crippen LogP contribution in [0.25, 0.3) is 0 Å². The number of halogens is 1. The molecule has 3 rings (SSSR count). The van der Waals surface area contributed by atoms with Gasteiger partial charge in [-0.25, -0.2) is 4.39 Å². The summed E-state index contributed by atoms with van der Waals surface area (Å²) in [5.74, 6) is 0.328. The number of hydrogen-bond donors (Lipinski definition) is 1. The fourth-order valence-corrected chi connectivity index (χ4v) is 2.33. The van der Waals surface area contributed by atoms with Gasteiger partial charge < -0.3 is 10.1 Å². The Kier molecular flexibility index (Phi) is 5.36. The second kappa shape index (κ2) is 8.06. The molecule has 5 heteroatoms. The maximum absolute atomic E-state index is 13.3. The van der Waals surface area contributed by atoms with Gasteiger partial charge in [0, 0.05) is 24.9 Å². The summed E-state index contributed by atoms with van der Waals surface area (Å²) < 4.78 is 19.0. The zero-order valence-electron chi connectivity index (χ0n) is 13.5. The number of aryl methyl sites for hydroxylation is 1. The van der Waals surface area contributed by atoms with E-state index in [9.17, 15) is 9.18 Å². The number of para-hydroxylation sites is 2. The predicted octanol–water partition coefficient (Wildman–Crippen LogP) is 4.58. The van der Waals surface area contributed by atoms with Crippen molar-refractivity contribution in [1.82, 2.24) is 4.98 Å². The molecular formula is C20H17FN2O2. The van der Waals surface area contributed by atoms with Gasteiger partial charge in [0.05, 0.1) is 5.69 Å². The molecule has 1 N–H and O–H groups in total. The fourth-order valence-electron chi connectivity index (χ4n) is 2.33. The van der Waals surface area contributed by atoms with Crippen LogP contribution < -0.4 is 10.1 Å². The van der Waals surface area contributed by atoms with Crippen LogP contribution in [-0.2, 0) is 11.2 Å². The molecule has 0 radical (unpaired) electrons. The molecule has 2 aromatic carbocycles. The van der Waals surface area contributed by atoms with Crippen LogP contribution in [-0.4, -0.2) is 10.9 Å². The molecule has 25 heavy (non-hydrogen) atoms. The van der Waals surface area contributed by atoms with Gasteiger partial charge in [-0.3, -0.25) is 9.78 Å². The van der Waals surface area contributed by atoms with Crippen LogP contribution >= 0.6 is 0 Å². The van der Waals surface area contributed by atoms with Gasteiger partial charge in [-0.1, -0.05) is 24.3 Å². The van der Waals surface area contributed by atoms with Crippen molar-refractivity contribution in [3.8, 4) is 11.5 Å². The Morgan fingerprint density at radius 3 is 2.76 bits per heavy atom. The molecule has 1 heterocycles. The lowest BCUT2D eigenvalue weighted by Crippen LogP contribution is -2.13. The molecule has 1 amide bonds. The van der Waals surface area contributed by atoms with E-state index in [1.165, 1.54) is 12.1 Å². The monoisotopic (exact) mass is 336 g/mol. The highest BCUT2D eigenvalue weighted by Crippen LogP contribution is 2.29. The van der Waals surface area contributed by atoms with E-state index in [0.717, 1.165) is 5.56 Å². The largest absolute Gasteiger partial charge is 0.455 e. The number of nitrogens with one attached hydrogen (secondary N) is 1. The smallest absolute Gasteiger partial charge is 0.224 e. The second-order valence-corrected chi connectivity index (χ2v) is 5.47. The number of carbonyl (C=O) groups excluding carboxylic acids is 1. The standard InChI is InChI=1S/C20H17FN2O2/c21-16-6-3-7-17(13-16)25-19-9-2-1-8-18(19)23-20(24)11-10-15-5-4-12-22-14-15/h1-9,12-14H,10-11H2,(H,23,24). The quantitative estimate of drug-likeness (QED) is 0.716. The second-order valence-electron chi connectivity index (χ2n) is 5.47. The lowest BCUT2D eigenvalue weighted by atomic mass is 10.1. The van der Waals surface area contributed by atoms with E-state index >= 15 is 0 Å². The number of benzene rings is 2. The highest BCUT2D eigenvalue weighted by Gasteiger charge is 2.09. The zero-order chi connectivity index (χ0) is 17.5. The molecule has 3 aromatic rings. The fraction of sp³-hybridized carbons (Fsp3) is 0.100. The maximum atomic E-state index is 13.3. The Labute approximate surface area is 145 Å². The number of nitrogens with zero attached hydrogens (tertiary/aromatic N) is 1. The molecule has 0 saturated carbocycles. The van der Waals surface area contributed by atoms with Crippen molar-refractivity contribution in [2.75, 3.05) is 5.32 Å². The van der Waals surface area contributed by atoms with E-state index in [1.807, 2.05) is 12.1 Å². The Bertz CT molecular complexity index is 853.